The van der Waals surface area contributed by atoms with Crippen molar-refractivity contribution < 1.29 is 14.3 Å². The van der Waals surface area contributed by atoms with Crippen molar-refractivity contribution in [2.75, 3.05) is 23.4 Å². The number of amides is 2. The highest BCUT2D eigenvalue weighted by atomic mass is 32.1. The van der Waals surface area contributed by atoms with Gasteiger partial charge in [-0.25, -0.2) is 4.98 Å². The maximum Gasteiger partial charge on any atom is 0.262 e. The van der Waals surface area contributed by atoms with Crippen LogP contribution < -0.4 is 20.3 Å². The van der Waals surface area contributed by atoms with E-state index in [-0.39, 0.29) is 11.8 Å². The maximum atomic E-state index is 13.3. The van der Waals surface area contributed by atoms with Gasteiger partial charge in [-0.3, -0.25) is 14.3 Å². The predicted octanol–water partition coefficient (Wildman–Crippen LogP) is 4.47. The van der Waals surface area contributed by atoms with Crippen LogP contribution in [0.5, 0.6) is 5.88 Å². The molecule has 1 aliphatic heterocycles. The summed E-state index contributed by atoms with van der Waals surface area (Å²) < 4.78 is 7.44. The van der Waals surface area contributed by atoms with Crippen LogP contribution in [0.25, 0.3) is 0 Å². The Labute approximate surface area is 226 Å². The molecule has 0 spiro atoms. The number of carbonyl (C=O) groups is 2. The molecule has 1 atom stereocenters. The Morgan fingerprint density at radius 1 is 1.18 bits per heavy atom. The van der Waals surface area contributed by atoms with Crippen molar-refractivity contribution in [1.29, 1.82) is 0 Å². The third-order valence-electron chi connectivity index (χ3n) is 7.71. The standard InChI is InChI=1S/C28H34N6O3S/c1-33-16-21(15-30-33)31-26(35)23(12-18-4-2-3-5-18)32-27(36)25-9-8-22(38-25)17-34-10-11-37-28-24(34)13-20(14-29-28)19-6-7-19/h8-9,13-16,18-19,23H,2-7,10-12,17H2,1H3,(H,31,35)(H,32,36)/t23-/m0/s1. The second kappa shape index (κ2) is 10.8. The number of carbonyl (C=O) groups excluding carboxylic acids is 2. The molecule has 2 fully saturated rings. The normalized spacial score (nSPS) is 18.1. The largest absolute Gasteiger partial charge is 0.474 e. The molecule has 4 heterocycles. The summed E-state index contributed by atoms with van der Waals surface area (Å²) in [5, 5.41) is 10.1. The van der Waals surface area contributed by atoms with Crippen LogP contribution >= 0.6 is 11.3 Å². The SMILES string of the molecule is Cn1cc(NC(=O)[C@H](CC2CCCC2)NC(=O)c2ccc(CN3CCOc4ncc(C5CC5)cc43)s2)cn1. The molecule has 3 aromatic heterocycles. The van der Waals surface area contributed by atoms with E-state index in [9.17, 15) is 9.59 Å². The number of nitrogens with one attached hydrogen (secondary N) is 2. The Kier molecular flexibility index (Phi) is 7.06. The maximum absolute atomic E-state index is 13.3. The van der Waals surface area contributed by atoms with Gasteiger partial charge in [0.2, 0.25) is 11.8 Å². The number of hydrogen-bond donors (Lipinski definition) is 2. The van der Waals surface area contributed by atoms with Crippen LogP contribution in [-0.4, -0.2) is 45.8 Å². The van der Waals surface area contributed by atoms with Crippen molar-refractivity contribution in [2.24, 2.45) is 13.0 Å². The van der Waals surface area contributed by atoms with E-state index in [4.69, 9.17) is 4.74 Å². The van der Waals surface area contributed by atoms with Crippen LogP contribution in [0.1, 0.15) is 71.0 Å². The summed E-state index contributed by atoms with van der Waals surface area (Å²) in [7, 11) is 1.81. The van der Waals surface area contributed by atoms with E-state index >= 15 is 0 Å². The Morgan fingerprint density at radius 2 is 2.03 bits per heavy atom. The van der Waals surface area contributed by atoms with Crippen LogP contribution in [-0.2, 0) is 18.4 Å². The van der Waals surface area contributed by atoms with Crippen molar-refractivity contribution in [3.63, 3.8) is 0 Å². The molecular formula is C28H34N6O3S. The summed E-state index contributed by atoms with van der Waals surface area (Å²) in [6.45, 7) is 2.06. The van der Waals surface area contributed by atoms with Gasteiger partial charge in [0, 0.05) is 24.3 Å². The van der Waals surface area contributed by atoms with Gasteiger partial charge < -0.3 is 20.3 Å². The minimum absolute atomic E-state index is 0.195. The summed E-state index contributed by atoms with van der Waals surface area (Å²) in [4.78, 5) is 35.0. The first-order valence-corrected chi connectivity index (χ1v) is 14.4. The quantitative estimate of drug-likeness (QED) is 0.420. The molecule has 0 bridgehead atoms. The third-order valence-corrected chi connectivity index (χ3v) is 8.78. The van der Waals surface area contributed by atoms with Gasteiger partial charge in [-0.15, -0.1) is 11.3 Å². The Morgan fingerprint density at radius 3 is 2.79 bits per heavy atom. The minimum Gasteiger partial charge on any atom is -0.474 e. The molecular weight excluding hydrogens is 500 g/mol. The number of thiophene rings is 1. The van der Waals surface area contributed by atoms with Gasteiger partial charge in [0.25, 0.3) is 5.91 Å². The highest BCUT2D eigenvalue weighted by molar-refractivity contribution is 7.14. The molecule has 2 aliphatic carbocycles. The Bertz CT molecular complexity index is 1310. The lowest BCUT2D eigenvalue weighted by molar-refractivity contribution is -0.118. The fourth-order valence-electron chi connectivity index (χ4n) is 5.50. The van der Waals surface area contributed by atoms with Crippen molar-refractivity contribution >= 4 is 34.5 Å². The van der Waals surface area contributed by atoms with Crippen LogP contribution in [0.4, 0.5) is 11.4 Å². The summed E-state index contributed by atoms with van der Waals surface area (Å²) in [5.41, 5.74) is 2.94. The lowest BCUT2D eigenvalue weighted by Crippen LogP contribution is -2.44. The van der Waals surface area contributed by atoms with Gasteiger partial charge in [0.15, 0.2) is 0 Å². The Hall–Kier alpha value is -3.40. The van der Waals surface area contributed by atoms with Crippen molar-refractivity contribution in [2.45, 2.75) is 63.5 Å². The molecule has 3 aliphatic rings. The fraction of sp³-hybridized carbons (Fsp3) is 0.500. The molecule has 2 N–H and O–H groups in total. The molecule has 200 valence electrons. The zero-order valence-electron chi connectivity index (χ0n) is 21.7. The minimum atomic E-state index is -0.589. The number of aryl methyl sites for hydroxylation is 1. The van der Waals surface area contributed by atoms with Crippen LogP contribution in [0.2, 0.25) is 0 Å². The van der Waals surface area contributed by atoms with Gasteiger partial charge in [-0.05, 0) is 54.9 Å². The van der Waals surface area contributed by atoms with Gasteiger partial charge in [-0.2, -0.15) is 5.10 Å². The summed E-state index contributed by atoms with van der Waals surface area (Å²) in [6, 6.07) is 5.50. The zero-order chi connectivity index (χ0) is 26.1. The van der Waals surface area contributed by atoms with Gasteiger partial charge in [-0.1, -0.05) is 25.7 Å². The van der Waals surface area contributed by atoms with Gasteiger partial charge in [0.1, 0.15) is 18.3 Å². The third kappa shape index (κ3) is 5.70. The van der Waals surface area contributed by atoms with Crippen molar-refractivity contribution in [3.05, 3.63) is 52.1 Å². The average molecular weight is 535 g/mol. The molecule has 38 heavy (non-hydrogen) atoms. The van der Waals surface area contributed by atoms with E-state index in [2.05, 4.69) is 31.7 Å². The number of hydrogen-bond acceptors (Lipinski definition) is 7. The summed E-state index contributed by atoms with van der Waals surface area (Å²) in [6.07, 6.45) is 13.0. The summed E-state index contributed by atoms with van der Waals surface area (Å²) in [5.74, 6) is 1.37. The first kappa shape index (κ1) is 24.9. The fourth-order valence-corrected chi connectivity index (χ4v) is 6.43. The van der Waals surface area contributed by atoms with Crippen LogP contribution in [0, 0.1) is 5.92 Å². The van der Waals surface area contributed by atoms with E-state index < -0.39 is 6.04 Å². The number of fused-ring (bicyclic) bond motifs is 1. The molecule has 6 rings (SSSR count). The lowest BCUT2D eigenvalue weighted by Gasteiger charge is -2.30. The molecule has 3 aromatic rings. The molecule has 2 amide bonds. The van der Waals surface area contributed by atoms with Crippen molar-refractivity contribution in [3.8, 4) is 5.88 Å². The number of ether oxygens (including phenoxy) is 1. The smallest absolute Gasteiger partial charge is 0.262 e. The highest BCUT2D eigenvalue weighted by Gasteiger charge is 2.29. The number of nitrogens with zero attached hydrogens (tertiary/aromatic N) is 4. The van der Waals surface area contributed by atoms with E-state index in [1.807, 2.05) is 18.3 Å². The molecule has 0 radical (unpaired) electrons. The summed E-state index contributed by atoms with van der Waals surface area (Å²) >= 11 is 1.48. The number of pyridine rings is 1. The number of rotatable bonds is 9. The molecule has 0 saturated heterocycles. The number of aromatic nitrogens is 3. The molecule has 9 nitrogen and oxygen atoms in total. The Balaban J connectivity index is 1.13. The topological polar surface area (TPSA) is 101 Å². The first-order chi connectivity index (χ1) is 18.5. The number of anilines is 2. The van der Waals surface area contributed by atoms with Crippen LogP contribution in [0.3, 0.4) is 0 Å². The molecule has 10 heteroatoms. The molecule has 2 saturated carbocycles. The van der Waals surface area contributed by atoms with E-state index in [1.165, 1.54) is 42.6 Å². The predicted molar refractivity (Wildman–Crippen MR) is 147 cm³/mol. The van der Waals surface area contributed by atoms with Gasteiger partial charge >= 0.3 is 0 Å². The monoisotopic (exact) mass is 534 g/mol. The first-order valence-electron chi connectivity index (χ1n) is 13.6. The van der Waals surface area contributed by atoms with E-state index in [0.29, 0.717) is 47.9 Å². The lowest BCUT2D eigenvalue weighted by atomic mass is 9.97. The molecule has 0 aromatic carbocycles. The van der Waals surface area contributed by atoms with Crippen molar-refractivity contribution in [1.82, 2.24) is 20.1 Å². The molecule has 0 unspecified atom stereocenters. The van der Waals surface area contributed by atoms with E-state index in [1.54, 1.807) is 24.1 Å². The highest BCUT2D eigenvalue weighted by Crippen LogP contribution is 2.43. The second-order valence-corrected chi connectivity index (χ2v) is 11.9. The average Bonchev–Trinajstić information content (AvgIpc) is 3.24. The second-order valence-electron chi connectivity index (χ2n) is 10.7. The van der Waals surface area contributed by atoms with Gasteiger partial charge in [0.05, 0.1) is 29.9 Å². The zero-order valence-corrected chi connectivity index (χ0v) is 22.5. The van der Waals surface area contributed by atoms with E-state index in [0.717, 1.165) is 30.0 Å². The van der Waals surface area contributed by atoms with Crippen LogP contribution in [0.15, 0.2) is 36.8 Å².